The smallest absolute Gasteiger partial charge is 0.0621 e. The van der Waals surface area contributed by atoms with Crippen molar-refractivity contribution in [3.05, 3.63) is 0 Å². The van der Waals surface area contributed by atoms with Crippen LogP contribution in [0.15, 0.2) is 0 Å². The maximum Gasteiger partial charge on any atom is 0.0621 e. The van der Waals surface area contributed by atoms with E-state index in [2.05, 4.69) is 11.0 Å². The van der Waals surface area contributed by atoms with Crippen LogP contribution in [0.5, 0.6) is 0 Å². The van der Waals surface area contributed by atoms with Crippen molar-refractivity contribution in [3.63, 3.8) is 0 Å². The summed E-state index contributed by atoms with van der Waals surface area (Å²) in [5.74, 6) is 0. The van der Waals surface area contributed by atoms with Crippen LogP contribution in [0.2, 0.25) is 0 Å². The Morgan fingerprint density at radius 1 is 0.812 bits per heavy atom. The van der Waals surface area contributed by atoms with Gasteiger partial charge >= 0.3 is 0 Å². The molecule has 4 N–H and O–H groups in total. The average molecular weight is 226 g/mol. The first-order valence-corrected chi connectivity index (χ1v) is 6.34. The predicted molar refractivity (Wildman–Crippen MR) is 67.9 cm³/mol. The predicted octanol–water partition coefficient (Wildman–Crippen LogP) is 1.07. The molecule has 16 heavy (non-hydrogen) atoms. The second kappa shape index (κ2) is 12.4. The third-order valence-corrected chi connectivity index (χ3v) is 2.62. The Labute approximate surface area is 99.6 Å². The Balaban J connectivity index is 3.59. The van der Waals surface area contributed by atoms with Crippen LogP contribution in [0.3, 0.4) is 0 Å². The molecule has 0 aromatic carbocycles. The maximum atomic E-state index is 8.45. The van der Waals surface area contributed by atoms with Crippen LogP contribution in [0.1, 0.15) is 38.5 Å². The summed E-state index contributed by atoms with van der Waals surface area (Å²) in [5.41, 5.74) is 11.0. The van der Waals surface area contributed by atoms with Crippen molar-refractivity contribution in [2.24, 2.45) is 11.5 Å². The molecule has 4 heteroatoms. The summed E-state index contributed by atoms with van der Waals surface area (Å²) in [6.45, 7) is 4.81. The van der Waals surface area contributed by atoms with Gasteiger partial charge in [-0.25, -0.2) is 0 Å². The van der Waals surface area contributed by atoms with E-state index in [1.165, 1.54) is 6.42 Å². The molecule has 0 amide bonds. The van der Waals surface area contributed by atoms with Gasteiger partial charge in [0.25, 0.3) is 0 Å². The van der Waals surface area contributed by atoms with Gasteiger partial charge in [0.15, 0.2) is 0 Å². The third kappa shape index (κ3) is 9.91. The van der Waals surface area contributed by atoms with E-state index in [1.54, 1.807) is 0 Å². The number of nitriles is 1. The molecular weight excluding hydrogens is 200 g/mol. The van der Waals surface area contributed by atoms with Crippen molar-refractivity contribution in [1.82, 2.24) is 4.90 Å². The van der Waals surface area contributed by atoms with Gasteiger partial charge in [0.05, 0.1) is 6.07 Å². The number of unbranched alkanes of at least 4 members (excludes halogenated alkanes) is 3. The minimum Gasteiger partial charge on any atom is -0.330 e. The maximum absolute atomic E-state index is 8.45. The number of hydrogen-bond donors (Lipinski definition) is 2. The van der Waals surface area contributed by atoms with Crippen molar-refractivity contribution in [2.75, 3.05) is 32.7 Å². The number of nitrogens with two attached hydrogens (primary N) is 2. The molecule has 0 radical (unpaired) electrons. The lowest BCUT2D eigenvalue weighted by Gasteiger charge is -2.21. The first-order valence-electron chi connectivity index (χ1n) is 6.34. The van der Waals surface area contributed by atoms with E-state index < -0.39 is 0 Å². The first kappa shape index (κ1) is 15.4. The van der Waals surface area contributed by atoms with Gasteiger partial charge in [0.2, 0.25) is 0 Å². The van der Waals surface area contributed by atoms with Gasteiger partial charge in [-0.15, -0.1) is 0 Å². The lowest BCUT2D eigenvalue weighted by Crippen LogP contribution is -2.29. The molecule has 0 aliphatic rings. The molecule has 4 nitrogen and oxygen atoms in total. The molecule has 0 bridgehead atoms. The van der Waals surface area contributed by atoms with E-state index in [9.17, 15) is 0 Å². The van der Waals surface area contributed by atoms with Crippen molar-refractivity contribution in [1.29, 1.82) is 5.26 Å². The molecule has 94 valence electrons. The summed E-state index contributed by atoms with van der Waals surface area (Å²) in [4.78, 5) is 2.44. The Morgan fingerprint density at radius 2 is 1.38 bits per heavy atom. The summed E-state index contributed by atoms with van der Waals surface area (Å²) >= 11 is 0. The highest BCUT2D eigenvalue weighted by atomic mass is 15.1. The molecule has 0 fully saturated rings. The topological polar surface area (TPSA) is 79.1 Å². The van der Waals surface area contributed by atoms with Gasteiger partial charge in [-0.3, -0.25) is 0 Å². The van der Waals surface area contributed by atoms with Crippen LogP contribution in [0.25, 0.3) is 0 Å². The molecule has 0 aliphatic heterocycles. The van der Waals surface area contributed by atoms with Gasteiger partial charge < -0.3 is 16.4 Å². The van der Waals surface area contributed by atoms with Gasteiger partial charge in [-0.1, -0.05) is 0 Å². The van der Waals surface area contributed by atoms with Crippen LogP contribution in [-0.4, -0.2) is 37.6 Å². The molecule has 0 saturated carbocycles. The summed E-state index contributed by atoms with van der Waals surface area (Å²) in [5, 5.41) is 8.45. The molecular formula is C12H26N4. The van der Waals surface area contributed by atoms with Crippen molar-refractivity contribution < 1.29 is 0 Å². The minimum absolute atomic E-state index is 0.674. The lowest BCUT2D eigenvalue weighted by molar-refractivity contribution is 0.262. The standard InChI is InChI=1S/C12H26N4/c13-7-2-1-4-10-16(12-6-9-15)11-5-3-8-14/h1-6,8-12,14-15H2. The number of rotatable bonds is 11. The van der Waals surface area contributed by atoms with E-state index in [1.807, 2.05) is 0 Å². The molecule has 0 atom stereocenters. The molecule has 0 saturated heterocycles. The average Bonchev–Trinajstić information content (AvgIpc) is 2.31. The van der Waals surface area contributed by atoms with Crippen molar-refractivity contribution >= 4 is 0 Å². The highest BCUT2D eigenvalue weighted by Gasteiger charge is 2.03. The largest absolute Gasteiger partial charge is 0.330 e. The van der Waals surface area contributed by atoms with Crippen molar-refractivity contribution in [3.8, 4) is 6.07 Å². The zero-order valence-electron chi connectivity index (χ0n) is 10.3. The van der Waals surface area contributed by atoms with Crippen LogP contribution in [0.4, 0.5) is 0 Å². The molecule has 0 unspecified atom stereocenters. The molecule has 0 spiro atoms. The van der Waals surface area contributed by atoms with Gasteiger partial charge in [-0.2, -0.15) is 5.26 Å². The van der Waals surface area contributed by atoms with E-state index in [4.69, 9.17) is 16.7 Å². The molecule has 0 aliphatic carbocycles. The fourth-order valence-corrected chi connectivity index (χ4v) is 1.67. The minimum atomic E-state index is 0.674. The second-order valence-electron chi connectivity index (χ2n) is 4.09. The summed E-state index contributed by atoms with van der Waals surface area (Å²) in [7, 11) is 0. The van der Waals surface area contributed by atoms with Crippen LogP contribution in [0, 0.1) is 11.3 Å². The van der Waals surface area contributed by atoms with E-state index >= 15 is 0 Å². The molecule has 0 aromatic heterocycles. The third-order valence-electron chi connectivity index (χ3n) is 2.62. The van der Waals surface area contributed by atoms with Gasteiger partial charge in [0.1, 0.15) is 0 Å². The first-order chi connectivity index (χ1) is 7.85. The Morgan fingerprint density at radius 3 is 1.94 bits per heavy atom. The highest BCUT2D eigenvalue weighted by Crippen LogP contribution is 2.01. The zero-order valence-corrected chi connectivity index (χ0v) is 10.3. The number of hydrogen-bond acceptors (Lipinski definition) is 4. The van der Waals surface area contributed by atoms with Crippen LogP contribution < -0.4 is 11.5 Å². The molecule has 0 heterocycles. The lowest BCUT2D eigenvalue weighted by atomic mass is 10.2. The normalized spacial score (nSPS) is 10.6. The quantitative estimate of drug-likeness (QED) is 0.516. The van der Waals surface area contributed by atoms with E-state index in [0.29, 0.717) is 6.42 Å². The van der Waals surface area contributed by atoms with Crippen molar-refractivity contribution in [2.45, 2.75) is 38.5 Å². The highest BCUT2D eigenvalue weighted by molar-refractivity contribution is 4.69. The number of nitrogens with zero attached hydrogens (tertiary/aromatic N) is 2. The van der Waals surface area contributed by atoms with E-state index in [-0.39, 0.29) is 0 Å². The summed E-state index contributed by atoms with van der Waals surface area (Å²) in [6.07, 6.45) is 6.11. The summed E-state index contributed by atoms with van der Waals surface area (Å²) in [6, 6.07) is 2.18. The van der Waals surface area contributed by atoms with Gasteiger partial charge in [-0.05, 0) is 64.8 Å². The Hall–Kier alpha value is -0.630. The second-order valence-corrected chi connectivity index (χ2v) is 4.09. The van der Waals surface area contributed by atoms with Gasteiger partial charge in [0, 0.05) is 6.42 Å². The molecule has 0 rings (SSSR count). The fourth-order valence-electron chi connectivity index (χ4n) is 1.67. The Bertz CT molecular complexity index is 176. The Kier molecular flexibility index (Phi) is 11.9. The monoisotopic (exact) mass is 226 g/mol. The van der Waals surface area contributed by atoms with E-state index in [0.717, 1.165) is 58.4 Å². The zero-order chi connectivity index (χ0) is 12.1. The fraction of sp³-hybridized carbons (Fsp3) is 0.917. The SMILES string of the molecule is N#CCCCCN(CCCN)CCCCN. The molecule has 0 aromatic rings. The van der Waals surface area contributed by atoms with Crippen LogP contribution in [-0.2, 0) is 0 Å². The summed E-state index contributed by atoms with van der Waals surface area (Å²) < 4.78 is 0. The van der Waals surface area contributed by atoms with Crippen LogP contribution >= 0.6 is 0 Å².